The molecule has 0 bridgehead atoms. The Kier molecular flexibility index (Phi) is 5.27. The molecular formula is C21H16ClFN4O2S. The third-order valence-corrected chi connectivity index (χ3v) is 5.21. The van der Waals surface area contributed by atoms with Gasteiger partial charge in [-0.15, -0.1) is 0 Å². The van der Waals surface area contributed by atoms with Crippen LogP contribution in [0, 0.1) is 5.82 Å². The van der Waals surface area contributed by atoms with Crippen molar-refractivity contribution in [3.63, 3.8) is 0 Å². The van der Waals surface area contributed by atoms with Crippen LogP contribution in [0.5, 0.6) is 0 Å². The maximum atomic E-state index is 13.4. The van der Waals surface area contributed by atoms with E-state index in [0.29, 0.717) is 11.4 Å². The van der Waals surface area contributed by atoms with E-state index in [4.69, 9.17) is 11.6 Å². The fourth-order valence-corrected chi connectivity index (χ4v) is 3.75. The van der Waals surface area contributed by atoms with Gasteiger partial charge in [0, 0.05) is 34.7 Å². The lowest BCUT2D eigenvalue weighted by atomic mass is 10.0. The van der Waals surface area contributed by atoms with E-state index in [-0.39, 0.29) is 5.02 Å². The van der Waals surface area contributed by atoms with Crippen molar-refractivity contribution < 1.29 is 12.8 Å². The van der Waals surface area contributed by atoms with Gasteiger partial charge in [-0.2, -0.15) is 0 Å². The number of anilines is 3. The van der Waals surface area contributed by atoms with Gasteiger partial charge in [-0.1, -0.05) is 17.7 Å². The van der Waals surface area contributed by atoms with Crippen LogP contribution in [0.2, 0.25) is 5.02 Å². The van der Waals surface area contributed by atoms with Crippen molar-refractivity contribution in [1.29, 1.82) is 0 Å². The highest BCUT2D eigenvalue weighted by atomic mass is 35.5. The third kappa shape index (κ3) is 4.50. The summed E-state index contributed by atoms with van der Waals surface area (Å²) >= 11 is 5.88. The van der Waals surface area contributed by atoms with Crippen molar-refractivity contribution in [2.24, 2.45) is 0 Å². The summed E-state index contributed by atoms with van der Waals surface area (Å²) in [4.78, 5) is 8.51. The predicted octanol–water partition coefficient (Wildman–Crippen LogP) is 5.20. The summed E-state index contributed by atoms with van der Waals surface area (Å²) in [5, 5.41) is 4.10. The van der Waals surface area contributed by atoms with Crippen LogP contribution in [-0.2, 0) is 10.0 Å². The second-order valence-corrected chi connectivity index (χ2v) is 8.84. The molecule has 0 aliphatic rings. The Balaban J connectivity index is 1.74. The van der Waals surface area contributed by atoms with Crippen molar-refractivity contribution in [1.82, 2.24) is 9.97 Å². The fourth-order valence-electron chi connectivity index (χ4n) is 3.03. The summed E-state index contributed by atoms with van der Waals surface area (Å²) in [5.41, 5.74) is 4.12. The lowest BCUT2D eigenvalue weighted by Gasteiger charge is -2.12. The number of nitrogens with one attached hydrogen (secondary N) is 2. The standard InChI is InChI=1S/C21H16ClFN4O2S/c1-30(28,29)27-16-8-14(11-24-12-16)13-2-5-20-17(9-13)21(6-7-25-20)26-15-3-4-19(23)18(22)10-15/h2-12,27H,1H3,(H,25,26). The number of hydrogen-bond acceptors (Lipinski definition) is 5. The molecule has 0 unspecified atom stereocenters. The van der Waals surface area contributed by atoms with Gasteiger partial charge in [-0.3, -0.25) is 14.7 Å². The Morgan fingerprint density at radius 1 is 0.967 bits per heavy atom. The van der Waals surface area contributed by atoms with Crippen LogP contribution in [0.25, 0.3) is 22.0 Å². The normalized spacial score (nSPS) is 11.4. The Bertz CT molecular complexity index is 1360. The summed E-state index contributed by atoms with van der Waals surface area (Å²) < 4.78 is 38.9. The number of fused-ring (bicyclic) bond motifs is 1. The molecule has 2 heterocycles. The van der Waals surface area contributed by atoms with E-state index in [1.54, 1.807) is 24.5 Å². The maximum Gasteiger partial charge on any atom is 0.229 e. The monoisotopic (exact) mass is 442 g/mol. The molecule has 0 amide bonds. The summed E-state index contributed by atoms with van der Waals surface area (Å²) in [7, 11) is -3.41. The minimum atomic E-state index is -3.41. The zero-order chi connectivity index (χ0) is 21.3. The Labute approximate surface area is 177 Å². The minimum Gasteiger partial charge on any atom is -0.355 e. The van der Waals surface area contributed by atoms with Gasteiger partial charge in [0.15, 0.2) is 0 Å². The summed E-state index contributed by atoms with van der Waals surface area (Å²) in [6.45, 7) is 0. The summed E-state index contributed by atoms with van der Waals surface area (Å²) in [6, 6.07) is 13.6. The molecule has 0 radical (unpaired) electrons. The molecule has 2 N–H and O–H groups in total. The van der Waals surface area contributed by atoms with E-state index >= 15 is 0 Å². The van der Waals surface area contributed by atoms with Crippen LogP contribution in [0.1, 0.15) is 0 Å². The number of rotatable bonds is 5. The zero-order valence-electron chi connectivity index (χ0n) is 15.7. The molecule has 0 aliphatic carbocycles. The largest absolute Gasteiger partial charge is 0.355 e. The van der Waals surface area contributed by atoms with Gasteiger partial charge in [-0.25, -0.2) is 12.8 Å². The van der Waals surface area contributed by atoms with E-state index in [2.05, 4.69) is 20.0 Å². The Hall–Kier alpha value is -3.23. The number of hydrogen-bond donors (Lipinski definition) is 2. The second-order valence-electron chi connectivity index (χ2n) is 6.68. The summed E-state index contributed by atoms with van der Waals surface area (Å²) in [6.07, 6.45) is 5.85. The molecule has 9 heteroatoms. The number of halogens is 2. The minimum absolute atomic E-state index is 0.0281. The molecule has 4 aromatic rings. The van der Waals surface area contributed by atoms with Crippen LogP contribution < -0.4 is 10.0 Å². The van der Waals surface area contributed by atoms with Crippen molar-refractivity contribution >= 4 is 49.6 Å². The molecule has 0 aliphatic heterocycles. The third-order valence-electron chi connectivity index (χ3n) is 4.31. The van der Waals surface area contributed by atoms with E-state index in [9.17, 15) is 12.8 Å². The molecule has 6 nitrogen and oxygen atoms in total. The quantitative estimate of drug-likeness (QED) is 0.443. The maximum absolute atomic E-state index is 13.4. The fraction of sp³-hybridized carbons (Fsp3) is 0.0476. The highest BCUT2D eigenvalue weighted by Gasteiger charge is 2.09. The van der Waals surface area contributed by atoms with Crippen LogP contribution in [-0.4, -0.2) is 24.6 Å². The Morgan fingerprint density at radius 3 is 2.57 bits per heavy atom. The van der Waals surface area contributed by atoms with Gasteiger partial charge in [0.25, 0.3) is 0 Å². The van der Waals surface area contributed by atoms with E-state index in [0.717, 1.165) is 34.0 Å². The van der Waals surface area contributed by atoms with Crippen molar-refractivity contribution in [3.05, 3.63) is 78.0 Å². The number of nitrogens with zero attached hydrogens (tertiary/aromatic N) is 2. The molecule has 30 heavy (non-hydrogen) atoms. The molecule has 0 spiro atoms. The highest BCUT2D eigenvalue weighted by Crippen LogP contribution is 2.31. The van der Waals surface area contributed by atoms with Gasteiger partial charge in [-0.05, 0) is 48.0 Å². The molecule has 152 valence electrons. The molecule has 0 saturated carbocycles. The number of benzene rings is 2. The smallest absolute Gasteiger partial charge is 0.229 e. The number of pyridine rings is 2. The first-order chi connectivity index (χ1) is 14.3. The second kappa shape index (κ2) is 7.89. The van der Waals surface area contributed by atoms with Crippen molar-refractivity contribution in [3.8, 4) is 11.1 Å². The molecule has 4 rings (SSSR count). The van der Waals surface area contributed by atoms with Gasteiger partial charge in [0.05, 0.1) is 28.7 Å². The number of aromatic nitrogens is 2. The van der Waals surface area contributed by atoms with Crippen LogP contribution >= 0.6 is 11.6 Å². The van der Waals surface area contributed by atoms with Gasteiger partial charge >= 0.3 is 0 Å². The lowest BCUT2D eigenvalue weighted by Crippen LogP contribution is -2.09. The van der Waals surface area contributed by atoms with Crippen LogP contribution in [0.4, 0.5) is 21.5 Å². The predicted molar refractivity (Wildman–Crippen MR) is 118 cm³/mol. The number of sulfonamides is 1. The SMILES string of the molecule is CS(=O)(=O)Nc1cncc(-c2ccc3nccc(Nc4ccc(F)c(Cl)c4)c3c2)c1. The van der Waals surface area contributed by atoms with Gasteiger partial charge < -0.3 is 5.32 Å². The first-order valence-corrected chi connectivity index (χ1v) is 11.1. The first kappa shape index (κ1) is 20.1. The van der Waals surface area contributed by atoms with Crippen LogP contribution in [0.3, 0.4) is 0 Å². The van der Waals surface area contributed by atoms with E-state index in [1.807, 2.05) is 24.3 Å². The zero-order valence-corrected chi connectivity index (χ0v) is 17.3. The molecule has 2 aromatic heterocycles. The topological polar surface area (TPSA) is 84.0 Å². The molecule has 0 fully saturated rings. The molecule has 0 atom stereocenters. The lowest BCUT2D eigenvalue weighted by molar-refractivity contribution is 0.606. The van der Waals surface area contributed by atoms with Crippen LogP contribution in [0.15, 0.2) is 67.1 Å². The van der Waals surface area contributed by atoms with Gasteiger partial charge in [0.1, 0.15) is 5.82 Å². The molecular weight excluding hydrogens is 427 g/mol. The molecule has 2 aromatic carbocycles. The Morgan fingerprint density at radius 2 is 1.80 bits per heavy atom. The average Bonchev–Trinajstić information content (AvgIpc) is 2.70. The summed E-state index contributed by atoms with van der Waals surface area (Å²) in [5.74, 6) is -0.487. The van der Waals surface area contributed by atoms with Crippen molar-refractivity contribution in [2.45, 2.75) is 0 Å². The molecule has 0 saturated heterocycles. The van der Waals surface area contributed by atoms with Gasteiger partial charge in [0.2, 0.25) is 10.0 Å². The highest BCUT2D eigenvalue weighted by molar-refractivity contribution is 7.92. The van der Waals surface area contributed by atoms with E-state index < -0.39 is 15.8 Å². The van der Waals surface area contributed by atoms with E-state index in [1.165, 1.54) is 18.3 Å². The first-order valence-electron chi connectivity index (χ1n) is 8.82. The van der Waals surface area contributed by atoms with Crippen molar-refractivity contribution in [2.75, 3.05) is 16.3 Å². The average molecular weight is 443 g/mol.